The van der Waals surface area contributed by atoms with Crippen molar-refractivity contribution in [2.75, 3.05) is 13.1 Å². The van der Waals surface area contributed by atoms with Crippen LogP contribution in [-0.2, 0) is 4.79 Å². The molecule has 0 aromatic carbocycles. The Morgan fingerprint density at radius 1 is 1.35 bits per heavy atom. The molecule has 0 spiro atoms. The summed E-state index contributed by atoms with van der Waals surface area (Å²) in [5.41, 5.74) is 5.09. The van der Waals surface area contributed by atoms with Crippen molar-refractivity contribution in [3.8, 4) is 0 Å². The van der Waals surface area contributed by atoms with E-state index in [4.69, 9.17) is 5.73 Å². The number of hydrogen-bond acceptors (Lipinski definition) is 2. The average molecular weight is 253 g/mol. The van der Waals surface area contributed by atoms with Crippen LogP contribution in [0.5, 0.6) is 0 Å². The Morgan fingerprint density at radius 2 is 2.00 bits per heavy atom. The van der Waals surface area contributed by atoms with Gasteiger partial charge in [0.05, 0.1) is 0 Å². The quantitative estimate of drug-likeness (QED) is 0.756. The molecule has 1 rings (SSSR count). The minimum Gasteiger partial charge on any atom is -0.368 e. The number of nitrogens with zero attached hydrogens (tertiary/aromatic N) is 1. The first-order chi connectivity index (χ1) is 7.81. The zero-order valence-electron chi connectivity index (χ0n) is 9.09. The van der Waals surface area contributed by atoms with Crippen molar-refractivity contribution in [1.29, 1.82) is 0 Å². The number of carbonyl (C=O) groups excluding carboxylic acids is 2. The summed E-state index contributed by atoms with van der Waals surface area (Å²) >= 11 is 0. The zero-order valence-corrected chi connectivity index (χ0v) is 9.09. The number of urea groups is 1. The van der Waals surface area contributed by atoms with Crippen LogP contribution < -0.4 is 11.1 Å². The smallest absolute Gasteiger partial charge is 0.368 e. The van der Waals surface area contributed by atoms with Gasteiger partial charge in [0, 0.05) is 6.54 Å². The lowest BCUT2D eigenvalue weighted by atomic mass is 10.0. The summed E-state index contributed by atoms with van der Waals surface area (Å²) in [6.45, 7) is -1.16. The summed E-state index contributed by atoms with van der Waals surface area (Å²) in [4.78, 5) is 23.6. The second-order valence-electron chi connectivity index (χ2n) is 3.88. The van der Waals surface area contributed by atoms with Crippen molar-refractivity contribution in [3.05, 3.63) is 0 Å². The van der Waals surface area contributed by atoms with E-state index in [-0.39, 0.29) is 6.54 Å². The number of hydrogen-bond donors (Lipinski definition) is 2. The van der Waals surface area contributed by atoms with Crippen LogP contribution in [0.4, 0.5) is 18.0 Å². The fourth-order valence-corrected chi connectivity index (χ4v) is 1.75. The Morgan fingerprint density at radius 3 is 2.53 bits per heavy atom. The molecule has 1 aliphatic heterocycles. The molecule has 1 atom stereocenters. The lowest BCUT2D eigenvalue weighted by Gasteiger charge is -2.33. The molecule has 1 heterocycles. The van der Waals surface area contributed by atoms with Gasteiger partial charge in [0.2, 0.25) is 5.91 Å². The first kappa shape index (κ1) is 13.6. The summed E-state index contributed by atoms with van der Waals surface area (Å²) in [5.74, 6) is -0.688. The van der Waals surface area contributed by atoms with Crippen molar-refractivity contribution < 1.29 is 22.8 Å². The van der Waals surface area contributed by atoms with Gasteiger partial charge in [-0.2, -0.15) is 13.2 Å². The van der Waals surface area contributed by atoms with Gasteiger partial charge in [-0.1, -0.05) is 0 Å². The Hall–Kier alpha value is -1.47. The van der Waals surface area contributed by atoms with Gasteiger partial charge in [-0.3, -0.25) is 4.79 Å². The number of halogens is 3. The van der Waals surface area contributed by atoms with Gasteiger partial charge in [-0.25, -0.2) is 4.79 Å². The van der Waals surface area contributed by atoms with Gasteiger partial charge in [0.1, 0.15) is 12.6 Å². The molecule has 0 bridgehead atoms. The van der Waals surface area contributed by atoms with Crippen LogP contribution >= 0.6 is 0 Å². The number of piperidine rings is 1. The summed E-state index contributed by atoms with van der Waals surface area (Å²) in [6, 6.07) is -1.71. The maximum Gasteiger partial charge on any atom is 0.405 e. The van der Waals surface area contributed by atoms with Crippen LogP contribution in [0.1, 0.15) is 19.3 Å². The molecule has 1 aliphatic rings. The zero-order chi connectivity index (χ0) is 13.1. The lowest BCUT2D eigenvalue weighted by Crippen LogP contribution is -2.54. The summed E-state index contributed by atoms with van der Waals surface area (Å²) in [5, 5.41) is 1.73. The van der Waals surface area contributed by atoms with E-state index in [1.165, 1.54) is 0 Å². The van der Waals surface area contributed by atoms with E-state index in [2.05, 4.69) is 0 Å². The Labute approximate surface area is 96.1 Å². The lowest BCUT2D eigenvalue weighted by molar-refractivity contribution is -0.124. The van der Waals surface area contributed by atoms with Crippen molar-refractivity contribution in [3.63, 3.8) is 0 Å². The Balaban J connectivity index is 2.56. The number of nitrogens with one attached hydrogen (secondary N) is 1. The molecule has 8 heteroatoms. The number of nitrogens with two attached hydrogens (primary N) is 1. The van der Waals surface area contributed by atoms with Crippen LogP contribution in [0.15, 0.2) is 0 Å². The third kappa shape index (κ3) is 4.12. The number of rotatable bonds is 2. The van der Waals surface area contributed by atoms with E-state index < -0.39 is 30.7 Å². The van der Waals surface area contributed by atoms with E-state index in [0.717, 1.165) is 11.3 Å². The van der Waals surface area contributed by atoms with E-state index in [1.807, 2.05) is 0 Å². The minimum atomic E-state index is -4.46. The second-order valence-corrected chi connectivity index (χ2v) is 3.88. The highest BCUT2D eigenvalue weighted by atomic mass is 19.4. The molecule has 0 aromatic heterocycles. The number of carbonyl (C=O) groups is 2. The first-order valence-corrected chi connectivity index (χ1v) is 5.22. The van der Waals surface area contributed by atoms with Gasteiger partial charge in [-0.05, 0) is 19.3 Å². The topological polar surface area (TPSA) is 75.4 Å². The van der Waals surface area contributed by atoms with Gasteiger partial charge < -0.3 is 16.0 Å². The molecule has 3 amide bonds. The van der Waals surface area contributed by atoms with Crippen LogP contribution in [-0.4, -0.2) is 42.1 Å². The van der Waals surface area contributed by atoms with Gasteiger partial charge in [0.15, 0.2) is 0 Å². The van der Waals surface area contributed by atoms with E-state index in [9.17, 15) is 22.8 Å². The normalized spacial score (nSPS) is 21.1. The molecule has 1 unspecified atom stereocenters. The number of amides is 3. The predicted molar refractivity (Wildman–Crippen MR) is 53.0 cm³/mol. The minimum absolute atomic E-state index is 0.247. The second kappa shape index (κ2) is 5.24. The van der Waals surface area contributed by atoms with Gasteiger partial charge in [0.25, 0.3) is 0 Å². The number of alkyl halides is 3. The SMILES string of the molecule is NC(=O)C1CCCCN1C(=O)NCC(F)(F)F. The molecule has 0 saturated carbocycles. The third-order valence-corrected chi connectivity index (χ3v) is 2.53. The highest BCUT2D eigenvalue weighted by molar-refractivity contribution is 5.86. The maximum absolute atomic E-state index is 11.9. The van der Waals surface area contributed by atoms with E-state index in [0.29, 0.717) is 12.8 Å². The molecule has 1 fully saturated rings. The molecule has 0 aliphatic carbocycles. The monoisotopic (exact) mass is 253 g/mol. The number of likely N-dealkylation sites (tertiary alicyclic amines) is 1. The highest BCUT2D eigenvalue weighted by Gasteiger charge is 2.33. The van der Waals surface area contributed by atoms with Gasteiger partial charge in [-0.15, -0.1) is 0 Å². The third-order valence-electron chi connectivity index (χ3n) is 2.53. The molecule has 98 valence electrons. The summed E-state index contributed by atoms with van der Waals surface area (Å²) < 4.78 is 35.7. The largest absolute Gasteiger partial charge is 0.405 e. The summed E-state index contributed by atoms with van der Waals surface area (Å²) in [6.07, 6.45) is -2.68. The molecule has 0 radical (unpaired) electrons. The fraction of sp³-hybridized carbons (Fsp3) is 0.778. The maximum atomic E-state index is 11.9. The van der Waals surface area contributed by atoms with Gasteiger partial charge >= 0.3 is 12.2 Å². The Kier molecular flexibility index (Phi) is 4.19. The van der Waals surface area contributed by atoms with E-state index in [1.54, 1.807) is 5.32 Å². The molecular weight excluding hydrogens is 239 g/mol. The standard InChI is InChI=1S/C9H14F3N3O2/c10-9(11,12)5-14-8(17)15-4-2-1-3-6(15)7(13)16/h6H,1-5H2,(H2,13,16)(H,14,17). The van der Waals surface area contributed by atoms with Crippen molar-refractivity contribution in [1.82, 2.24) is 10.2 Å². The van der Waals surface area contributed by atoms with Crippen LogP contribution in [0, 0.1) is 0 Å². The Bertz CT molecular complexity index is 306. The van der Waals surface area contributed by atoms with Crippen molar-refractivity contribution in [2.45, 2.75) is 31.5 Å². The molecule has 0 aromatic rings. The average Bonchev–Trinajstić information content (AvgIpc) is 2.25. The molecule has 5 nitrogen and oxygen atoms in total. The summed E-state index contributed by atoms with van der Waals surface area (Å²) in [7, 11) is 0. The van der Waals surface area contributed by atoms with E-state index >= 15 is 0 Å². The molecule has 17 heavy (non-hydrogen) atoms. The molecular formula is C9H14F3N3O2. The van der Waals surface area contributed by atoms with Crippen LogP contribution in [0.25, 0.3) is 0 Å². The number of primary amides is 1. The predicted octanol–water partition coefficient (Wildman–Crippen LogP) is 0.598. The van der Waals surface area contributed by atoms with Crippen LogP contribution in [0.3, 0.4) is 0 Å². The first-order valence-electron chi connectivity index (χ1n) is 5.22. The highest BCUT2D eigenvalue weighted by Crippen LogP contribution is 2.17. The molecule has 1 saturated heterocycles. The van der Waals surface area contributed by atoms with Crippen LogP contribution in [0.2, 0.25) is 0 Å². The van der Waals surface area contributed by atoms with Crippen molar-refractivity contribution >= 4 is 11.9 Å². The molecule has 3 N–H and O–H groups in total. The fourth-order valence-electron chi connectivity index (χ4n) is 1.75. The van der Waals surface area contributed by atoms with Crippen molar-refractivity contribution in [2.24, 2.45) is 5.73 Å².